The fourth-order valence-corrected chi connectivity index (χ4v) is 0.882. The number of hydrogen-bond donors (Lipinski definition) is 1. The van der Waals surface area contributed by atoms with Crippen LogP contribution < -0.4 is 5.73 Å². The van der Waals surface area contributed by atoms with E-state index in [0.29, 0.717) is 0 Å². The monoisotopic (exact) mass is 175 g/mol. The van der Waals surface area contributed by atoms with E-state index in [9.17, 15) is 13.2 Å². The Kier molecular flexibility index (Phi) is 2.70. The second-order valence-corrected chi connectivity index (χ2v) is 2.43. The number of alkyl halides is 1. The maximum Gasteiger partial charge on any atom is 0.128 e. The van der Waals surface area contributed by atoms with Gasteiger partial charge >= 0.3 is 0 Å². The quantitative estimate of drug-likeness (QED) is 0.730. The summed E-state index contributed by atoms with van der Waals surface area (Å²) in [6, 6.07) is 1.71. The summed E-state index contributed by atoms with van der Waals surface area (Å²) in [7, 11) is 0. The van der Waals surface area contributed by atoms with Gasteiger partial charge in [-0.3, -0.25) is 0 Å². The third kappa shape index (κ3) is 1.76. The van der Waals surface area contributed by atoms with Crippen LogP contribution in [0, 0.1) is 11.6 Å². The Morgan fingerprint density at radius 3 is 2.58 bits per heavy atom. The average Bonchev–Trinajstić information content (AvgIpc) is 2.08. The van der Waals surface area contributed by atoms with Gasteiger partial charge in [0.15, 0.2) is 0 Å². The molecule has 12 heavy (non-hydrogen) atoms. The molecule has 0 amide bonds. The van der Waals surface area contributed by atoms with Crippen molar-refractivity contribution in [1.29, 1.82) is 0 Å². The van der Waals surface area contributed by atoms with Crippen molar-refractivity contribution in [2.24, 2.45) is 5.73 Å². The van der Waals surface area contributed by atoms with E-state index in [2.05, 4.69) is 0 Å². The summed E-state index contributed by atoms with van der Waals surface area (Å²) in [5.74, 6) is -1.29. The van der Waals surface area contributed by atoms with Crippen LogP contribution in [0.25, 0.3) is 0 Å². The molecule has 0 aliphatic heterocycles. The zero-order valence-corrected chi connectivity index (χ0v) is 6.23. The molecule has 1 aromatic carbocycles. The lowest BCUT2D eigenvalue weighted by Crippen LogP contribution is -2.14. The van der Waals surface area contributed by atoms with Crippen molar-refractivity contribution in [3.63, 3.8) is 0 Å². The first kappa shape index (κ1) is 9.06. The molecule has 2 N–H and O–H groups in total. The summed E-state index contributed by atoms with van der Waals surface area (Å²) in [6.45, 7) is -0.902. The molecule has 1 atom stereocenters. The second kappa shape index (κ2) is 3.58. The Balaban J connectivity index is 3.04. The van der Waals surface area contributed by atoms with Crippen molar-refractivity contribution in [1.82, 2.24) is 0 Å². The highest BCUT2D eigenvalue weighted by atomic mass is 19.1. The second-order valence-electron chi connectivity index (χ2n) is 2.43. The van der Waals surface area contributed by atoms with Crippen LogP contribution >= 0.6 is 0 Å². The predicted molar refractivity (Wildman–Crippen MR) is 39.3 cm³/mol. The topological polar surface area (TPSA) is 26.0 Å². The zero-order valence-electron chi connectivity index (χ0n) is 6.23. The molecule has 1 nitrogen and oxygen atoms in total. The Bertz CT molecular complexity index is 275. The molecular weight excluding hydrogens is 167 g/mol. The summed E-state index contributed by atoms with van der Waals surface area (Å²) >= 11 is 0. The predicted octanol–water partition coefficient (Wildman–Crippen LogP) is 1.93. The van der Waals surface area contributed by atoms with E-state index in [-0.39, 0.29) is 5.56 Å². The first-order chi connectivity index (χ1) is 5.65. The molecule has 0 aromatic heterocycles. The highest BCUT2D eigenvalue weighted by molar-refractivity contribution is 5.21. The van der Waals surface area contributed by atoms with Crippen molar-refractivity contribution in [3.8, 4) is 0 Å². The summed E-state index contributed by atoms with van der Waals surface area (Å²) in [5.41, 5.74) is 5.06. The molecule has 0 radical (unpaired) electrons. The minimum absolute atomic E-state index is 0.127. The SMILES string of the molecule is N[C@H](CF)c1cc(F)ccc1F. The fraction of sp³-hybridized carbons (Fsp3) is 0.250. The van der Waals surface area contributed by atoms with E-state index in [1.165, 1.54) is 0 Å². The smallest absolute Gasteiger partial charge is 0.128 e. The lowest BCUT2D eigenvalue weighted by atomic mass is 10.1. The first-order valence-corrected chi connectivity index (χ1v) is 3.41. The molecule has 1 aromatic rings. The minimum atomic E-state index is -1.08. The zero-order chi connectivity index (χ0) is 9.14. The molecule has 0 spiro atoms. The lowest BCUT2D eigenvalue weighted by Gasteiger charge is -2.07. The number of halogens is 3. The van der Waals surface area contributed by atoms with Crippen LogP contribution in [0.1, 0.15) is 11.6 Å². The van der Waals surface area contributed by atoms with Crippen molar-refractivity contribution in [2.75, 3.05) is 6.67 Å². The van der Waals surface area contributed by atoms with Gasteiger partial charge in [-0.1, -0.05) is 0 Å². The Hall–Kier alpha value is -1.03. The maximum atomic E-state index is 12.8. The van der Waals surface area contributed by atoms with E-state index in [1.807, 2.05) is 0 Å². The largest absolute Gasteiger partial charge is 0.322 e. The van der Waals surface area contributed by atoms with Crippen LogP contribution in [0.4, 0.5) is 13.2 Å². The average molecular weight is 175 g/mol. The van der Waals surface area contributed by atoms with Gasteiger partial charge in [0.1, 0.15) is 18.3 Å². The van der Waals surface area contributed by atoms with Gasteiger partial charge in [0.05, 0.1) is 6.04 Å². The number of hydrogen-bond acceptors (Lipinski definition) is 1. The van der Waals surface area contributed by atoms with Crippen LogP contribution in [0.15, 0.2) is 18.2 Å². The van der Waals surface area contributed by atoms with E-state index >= 15 is 0 Å². The Morgan fingerprint density at radius 2 is 2.00 bits per heavy atom. The molecule has 0 bridgehead atoms. The van der Waals surface area contributed by atoms with Gasteiger partial charge in [-0.2, -0.15) is 0 Å². The van der Waals surface area contributed by atoms with Gasteiger partial charge in [0, 0.05) is 5.56 Å². The molecule has 66 valence electrons. The van der Waals surface area contributed by atoms with Crippen LogP contribution in [0.3, 0.4) is 0 Å². The van der Waals surface area contributed by atoms with Gasteiger partial charge in [0.2, 0.25) is 0 Å². The van der Waals surface area contributed by atoms with E-state index in [0.717, 1.165) is 18.2 Å². The van der Waals surface area contributed by atoms with Crippen molar-refractivity contribution < 1.29 is 13.2 Å². The van der Waals surface area contributed by atoms with Crippen LogP contribution in [-0.4, -0.2) is 6.67 Å². The summed E-state index contributed by atoms with van der Waals surface area (Å²) in [5, 5.41) is 0. The van der Waals surface area contributed by atoms with E-state index < -0.39 is 24.4 Å². The lowest BCUT2D eigenvalue weighted by molar-refractivity contribution is 0.425. The third-order valence-electron chi connectivity index (χ3n) is 1.52. The van der Waals surface area contributed by atoms with Crippen LogP contribution in [0.5, 0.6) is 0 Å². The molecule has 0 heterocycles. The van der Waals surface area contributed by atoms with E-state index in [4.69, 9.17) is 5.73 Å². The maximum absolute atomic E-state index is 12.8. The highest BCUT2D eigenvalue weighted by Gasteiger charge is 2.11. The molecular formula is C8H8F3N. The molecule has 0 unspecified atom stereocenters. The van der Waals surface area contributed by atoms with Crippen molar-refractivity contribution in [2.45, 2.75) is 6.04 Å². The summed E-state index contributed by atoms with van der Waals surface area (Å²) < 4.78 is 37.3. The molecule has 1 rings (SSSR count). The highest BCUT2D eigenvalue weighted by Crippen LogP contribution is 2.16. The molecule has 4 heteroatoms. The fourth-order valence-electron chi connectivity index (χ4n) is 0.882. The first-order valence-electron chi connectivity index (χ1n) is 3.41. The van der Waals surface area contributed by atoms with Gasteiger partial charge in [-0.05, 0) is 18.2 Å². The van der Waals surface area contributed by atoms with Crippen LogP contribution in [0.2, 0.25) is 0 Å². The summed E-state index contributed by atoms with van der Waals surface area (Å²) in [4.78, 5) is 0. The number of nitrogens with two attached hydrogens (primary N) is 1. The van der Waals surface area contributed by atoms with Crippen molar-refractivity contribution >= 4 is 0 Å². The van der Waals surface area contributed by atoms with Crippen molar-refractivity contribution in [3.05, 3.63) is 35.4 Å². The Morgan fingerprint density at radius 1 is 1.33 bits per heavy atom. The molecule has 0 saturated carbocycles. The van der Waals surface area contributed by atoms with Gasteiger partial charge in [-0.25, -0.2) is 13.2 Å². The normalized spacial score (nSPS) is 13.0. The summed E-state index contributed by atoms with van der Waals surface area (Å²) in [6.07, 6.45) is 0. The number of benzene rings is 1. The minimum Gasteiger partial charge on any atom is -0.322 e. The molecule has 0 fully saturated rings. The molecule has 0 aliphatic carbocycles. The van der Waals surface area contributed by atoms with Gasteiger partial charge in [-0.15, -0.1) is 0 Å². The van der Waals surface area contributed by atoms with E-state index in [1.54, 1.807) is 0 Å². The third-order valence-corrected chi connectivity index (χ3v) is 1.52. The standard InChI is InChI=1S/C8H8F3N/c9-4-8(12)6-3-5(10)1-2-7(6)11/h1-3,8H,4,12H2/t8-/m1/s1. The van der Waals surface area contributed by atoms with Gasteiger partial charge < -0.3 is 5.73 Å². The van der Waals surface area contributed by atoms with Crippen LogP contribution in [-0.2, 0) is 0 Å². The molecule has 0 saturated heterocycles. The molecule has 0 aliphatic rings. The Labute approximate surface area is 68.0 Å². The number of rotatable bonds is 2. The van der Waals surface area contributed by atoms with Gasteiger partial charge in [0.25, 0.3) is 0 Å².